The van der Waals surface area contributed by atoms with Crippen LogP contribution < -0.4 is 10.6 Å². The minimum absolute atomic E-state index is 0.00444. The number of benzene rings is 1. The molecular formula is C29H26ClN7O2. The number of anilines is 1. The van der Waals surface area contributed by atoms with E-state index in [4.69, 9.17) is 22.3 Å². The number of nitrogens with zero attached hydrogens (tertiary/aromatic N) is 6. The maximum Gasteiger partial charge on any atom is 0.242 e. The number of amides is 2. The second kappa shape index (κ2) is 8.79. The van der Waals surface area contributed by atoms with E-state index < -0.39 is 11.0 Å². The molecule has 0 atom stereocenters. The normalized spacial score (nSPS) is 19.0. The van der Waals surface area contributed by atoms with Crippen molar-refractivity contribution in [3.8, 4) is 11.1 Å². The molecule has 2 fully saturated rings. The van der Waals surface area contributed by atoms with E-state index in [1.54, 1.807) is 35.9 Å². The van der Waals surface area contributed by atoms with Gasteiger partial charge in [0, 0.05) is 59.4 Å². The lowest BCUT2D eigenvalue weighted by Gasteiger charge is -2.39. The van der Waals surface area contributed by atoms with Crippen molar-refractivity contribution in [2.75, 3.05) is 18.0 Å². The predicted molar refractivity (Wildman–Crippen MR) is 147 cm³/mol. The van der Waals surface area contributed by atoms with Gasteiger partial charge < -0.3 is 15.5 Å². The summed E-state index contributed by atoms with van der Waals surface area (Å²) in [5, 5.41) is 2.47. The zero-order chi connectivity index (χ0) is 26.8. The van der Waals surface area contributed by atoms with Crippen LogP contribution in [-0.4, -0.2) is 55.3 Å². The number of halogens is 1. The Morgan fingerprint density at radius 3 is 2.51 bits per heavy atom. The van der Waals surface area contributed by atoms with Crippen molar-refractivity contribution in [3.63, 3.8) is 0 Å². The Morgan fingerprint density at radius 1 is 1.00 bits per heavy atom. The van der Waals surface area contributed by atoms with Crippen molar-refractivity contribution in [1.82, 2.24) is 24.8 Å². The van der Waals surface area contributed by atoms with Crippen molar-refractivity contribution in [2.45, 2.75) is 43.2 Å². The molecule has 7 rings (SSSR count). The van der Waals surface area contributed by atoms with E-state index in [-0.39, 0.29) is 18.4 Å². The third-order valence-electron chi connectivity index (χ3n) is 8.47. The Labute approximate surface area is 230 Å². The Bertz CT molecular complexity index is 1630. The number of hydrogen-bond acceptors (Lipinski definition) is 7. The summed E-state index contributed by atoms with van der Waals surface area (Å²) in [4.78, 5) is 48.4. The molecule has 3 aromatic heterocycles. The molecule has 4 aromatic rings. The second-order valence-corrected chi connectivity index (χ2v) is 11.2. The van der Waals surface area contributed by atoms with Gasteiger partial charge in [0.1, 0.15) is 6.33 Å². The lowest BCUT2D eigenvalue weighted by atomic mass is 9.74. The molecule has 10 heteroatoms. The van der Waals surface area contributed by atoms with Gasteiger partial charge in [-0.2, -0.15) is 0 Å². The zero-order valence-electron chi connectivity index (χ0n) is 21.2. The number of piperidine rings is 1. The van der Waals surface area contributed by atoms with Crippen LogP contribution in [0.3, 0.4) is 0 Å². The number of carbonyl (C=O) groups is 2. The monoisotopic (exact) mass is 539 g/mol. The fraction of sp³-hybridized carbons (Fsp3) is 0.310. The van der Waals surface area contributed by atoms with Crippen molar-refractivity contribution < 1.29 is 9.59 Å². The molecule has 1 spiro atoms. The maximum atomic E-state index is 14.3. The summed E-state index contributed by atoms with van der Waals surface area (Å²) < 4.78 is 0. The molecule has 1 aliphatic carbocycles. The van der Waals surface area contributed by atoms with Crippen LogP contribution in [0, 0.1) is 0 Å². The molecule has 0 radical (unpaired) electrons. The van der Waals surface area contributed by atoms with Crippen LogP contribution in [0.25, 0.3) is 21.9 Å². The summed E-state index contributed by atoms with van der Waals surface area (Å²) >= 11 is 6.27. The maximum absolute atomic E-state index is 14.3. The summed E-state index contributed by atoms with van der Waals surface area (Å²) in [6, 6.07) is 7.62. The third-order valence-corrected chi connectivity index (χ3v) is 8.70. The molecule has 2 amide bonds. The molecule has 1 aromatic carbocycles. The molecule has 1 saturated carbocycles. The van der Waals surface area contributed by atoms with Crippen LogP contribution in [0.15, 0.2) is 61.6 Å². The number of aromatic nitrogens is 4. The molecule has 196 valence electrons. The lowest BCUT2D eigenvalue weighted by Crippen LogP contribution is -2.54. The van der Waals surface area contributed by atoms with Crippen LogP contribution in [0.1, 0.15) is 36.9 Å². The highest BCUT2D eigenvalue weighted by molar-refractivity contribution is 6.31. The highest BCUT2D eigenvalue weighted by atomic mass is 35.5. The quantitative estimate of drug-likeness (QED) is 0.420. The van der Waals surface area contributed by atoms with Gasteiger partial charge in [-0.1, -0.05) is 17.7 Å². The topological polar surface area (TPSA) is 118 Å². The number of hydrogen-bond donors (Lipinski definition) is 1. The summed E-state index contributed by atoms with van der Waals surface area (Å²) in [6.45, 7) is 1.26. The standard InChI is InChI=1S/C29H26ClN7O2/c30-20-1-2-21-18(11-20)14-35-23(25(21)19-12-33-17-34-13-19)16-37-24-15-32-8-3-22(24)28(26(37)38)6-9-36(10-7-28)27(39)29(31)4-5-29/h1-3,8,11-15,17H,4-7,9-10,16,31H2. The summed E-state index contributed by atoms with van der Waals surface area (Å²) in [6.07, 6.45) is 12.8. The molecule has 3 aliphatic rings. The van der Waals surface area contributed by atoms with Crippen molar-refractivity contribution in [1.29, 1.82) is 0 Å². The van der Waals surface area contributed by atoms with E-state index >= 15 is 0 Å². The Hall–Kier alpha value is -3.95. The van der Waals surface area contributed by atoms with E-state index in [2.05, 4.69) is 15.0 Å². The van der Waals surface area contributed by atoms with Gasteiger partial charge in [-0.25, -0.2) is 9.97 Å². The Kier molecular flexibility index (Phi) is 5.43. The van der Waals surface area contributed by atoms with Crippen LogP contribution in [0.2, 0.25) is 5.02 Å². The van der Waals surface area contributed by atoms with E-state index in [9.17, 15) is 9.59 Å². The zero-order valence-corrected chi connectivity index (χ0v) is 21.9. The molecule has 9 nitrogen and oxygen atoms in total. The summed E-state index contributed by atoms with van der Waals surface area (Å²) in [5.74, 6) is 0.0181. The van der Waals surface area contributed by atoms with Gasteiger partial charge in [-0.15, -0.1) is 0 Å². The fourth-order valence-corrected chi connectivity index (χ4v) is 6.32. The van der Waals surface area contributed by atoms with Gasteiger partial charge in [-0.05, 0) is 54.8 Å². The first-order valence-electron chi connectivity index (χ1n) is 13.1. The largest absolute Gasteiger partial charge is 0.341 e. The van der Waals surface area contributed by atoms with Crippen LogP contribution in [0.4, 0.5) is 5.69 Å². The van der Waals surface area contributed by atoms with E-state index in [0.29, 0.717) is 31.0 Å². The van der Waals surface area contributed by atoms with E-state index in [1.807, 2.05) is 29.2 Å². The predicted octanol–water partition coefficient (Wildman–Crippen LogP) is 3.64. The number of rotatable bonds is 4. The number of pyridine rings is 2. The first kappa shape index (κ1) is 24.1. The highest BCUT2D eigenvalue weighted by Crippen LogP contribution is 2.49. The molecule has 0 unspecified atom stereocenters. The molecule has 1 saturated heterocycles. The smallest absolute Gasteiger partial charge is 0.242 e. The second-order valence-electron chi connectivity index (χ2n) is 10.8. The van der Waals surface area contributed by atoms with E-state index in [1.165, 1.54) is 6.33 Å². The van der Waals surface area contributed by atoms with Gasteiger partial charge in [0.2, 0.25) is 11.8 Å². The van der Waals surface area contributed by atoms with Crippen LogP contribution in [0.5, 0.6) is 0 Å². The molecule has 0 bridgehead atoms. The number of carbonyl (C=O) groups excluding carboxylic acids is 2. The number of nitrogens with two attached hydrogens (primary N) is 1. The molecular weight excluding hydrogens is 514 g/mol. The fourth-order valence-electron chi connectivity index (χ4n) is 6.14. The minimum Gasteiger partial charge on any atom is -0.341 e. The van der Waals surface area contributed by atoms with Gasteiger partial charge >= 0.3 is 0 Å². The van der Waals surface area contributed by atoms with Crippen LogP contribution >= 0.6 is 11.6 Å². The lowest BCUT2D eigenvalue weighted by molar-refractivity contribution is -0.137. The highest BCUT2D eigenvalue weighted by Gasteiger charge is 2.55. The SMILES string of the molecule is NC1(C(=O)N2CCC3(CC2)C(=O)N(Cc2ncc4cc(Cl)ccc4c2-c2cncnc2)c2cnccc23)CC1. The van der Waals surface area contributed by atoms with Gasteiger partial charge in [0.25, 0.3) is 0 Å². The Balaban J connectivity index is 1.27. The number of likely N-dealkylation sites (tertiary alicyclic amines) is 1. The molecule has 2 N–H and O–H groups in total. The first-order chi connectivity index (χ1) is 18.9. The first-order valence-corrected chi connectivity index (χ1v) is 13.4. The molecule has 5 heterocycles. The average Bonchev–Trinajstić information content (AvgIpc) is 3.69. The Morgan fingerprint density at radius 2 is 1.77 bits per heavy atom. The third kappa shape index (κ3) is 3.79. The van der Waals surface area contributed by atoms with Crippen molar-refractivity contribution in [3.05, 3.63) is 77.9 Å². The van der Waals surface area contributed by atoms with Crippen molar-refractivity contribution in [2.24, 2.45) is 5.73 Å². The van der Waals surface area contributed by atoms with Gasteiger partial charge in [0.15, 0.2) is 0 Å². The number of fused-ring (bicyclic) bond motifs is 3. The summed E-state index contributed by atoms with van der Waals surface area (Å²) in [7, 11) is 0. The van der Waals surface area contributed by atoms with E-state index in [0.717, 1.165) is 51.7 Å². The van der Waals surface area contributed by atoms with Gasteiger partial charge in [-0.3, -0.25) is 19.6 Å². The van der Waals surface area contributed by atoms with Crippen molar-refractivity contribution >= 4 is 39.9 Å². The minimum atomic E-state index is -0.708. The van der Waals surface area contributed by atoms with Gasteiger partial charge in [0.05, 0.1) is 35.1 Å². The molecule has 2 aliphatic heterocycles. The molecule has 39 heavy (non-hydrogen) atoms. The average molecular weight is 540 g/mol. The summed E-state index contributed by atoms with van der Waals surface area (Å²) in [5.41, 5.74) is 8.92. The van der Waals surface area contributed by atoms with Crippen LogP contribution in [-0.2, 0) is 21.5 Å².